The van der Waals surface area contributed by atoms with Crippen LogP contribution in [-0.4, -0.2) is 56.4 Å². The molecule has 1 N–H and O–H groups in total. The number of carbonyl (C=O) groups is 1. The van der Waals surface area contributed by atoms with Gasteiger partial charge in [-0.05, 0) is 25.1 Å². The minimum atomic E-state index is -0.689. The third kappa shape index (κ3) is 5.57. The molecule has 0 heterocycles. The summed E-state index contributed by atoms with van der Waals surface area (Å²) in [6.45, 7) is 2.40. The van der Waals surface area contributed by atoms with Gasteiger partial charge in [0, 0.05) is 32.3 Å². The van der Waals surface area contributed by atoms with Gasteiger partial charge in [0.25, 0.3) is 0 Å². The molecule has 0 aliphatic heterocycles. The summed E-state index contributed by atoms with van der Waals surface area (Å²) < 4.78 is 10.1. The number of hydrogen-bond acceptors (Lipinski definition) is 4. The van der Waals surface area contributed by atoms with Crippen LogP contribution in [-0.2, 0) is 9.53 Å². The summed E-state index contributed by atoms with van der Waals surface area (Å²) >= 11 is 0. The zero-order valence-electron chi connectivity index (χ0n) is 13.0. The molecule has 5 heteroatoms. The molecule has 5 nitrogen and oxygen atoms in total. The second-order valence-corrected chi connectivity index (χ2v) is 4.91. The average Bonchev–Trinajstić information content (AvgIpc) is 2.45. The Bertz CT molecular complexity index is 499. The van der Waals surface area contributed by atoms with Crippen LogP contribution in [0.15, 0.2) is 24.3 Å². The Morgan fingerprint density at radius 3 is 2.76 bits per heavy atom. The van der Waals surface area contributed by atoms with E-state index < -0.39 is 6.10 Å². The van der Waals surface area contributed by atoms with Crippen molar-refractivity contribution in [1.82, 2.24) is 4.90 Å². The molecule has 1 aromatic carbocycles. The SMILES string of the molecule is COCC(O)CN(C)C(=O)C=Cc1cc(C)ccc1OC. The molecule has 0 radical (unpaired) electrons. The lowest BCUT2D eigenvalue weighted by Gasteiger charge is -2.18. The van der Waals surface area contributed by atoms with E-state index in [1.165, 1.54) is 18.1 Å². The first-order valence-electron chi connectivity index (χ1n) is 6.72. The molecule has 0 aliphatic carbocycles. The Kier molecular flexibility index (Phi) is 6.91. The first-order chi connectivity index (χ1) is 9.97. The maximum absolute atomic E-state index is 12.0. The van der Waals surface area contributed by atoms with Crippen LogP contribution < -0.4 is 4.74 Å². The highest BCUT2D eigenvalue weighted by Gasteiger charge is 2.11. The van der Waals surface area contributed by atoms with Gasteiger partial charge in [0.2, 0.25) is 5.91 Å². The first kappa shape index (κ1) is 17.2. The third-order valence-corrected chi connectivity index (χ3v) is 3.01. The Labute approximate surface area is 125 Å². The number of nitrogens with zero attached hydrogens (tertiary/aromatic N) is 1. The van der Waals surface area contributed by atoms with E-state index >= 15 is 0 Å². The molecule has 0 aromatic heterocycles. The van der Waals surface area contributed by atoms with Crippen molar-refractivity contribution in [2.75, 3.05) is 34.4 Å². The minimum absolute atomic E-state index is 0.186. The van der Waals surface area contributed by atoms with E-state index in [4.69, 9.17) is 9.47 Å². The highest BCUT2D eigenvalue weighted by molar-refractivity contribution is 5.92. The Hall–Kier alpha value is -1.85. The highest BCUT2D eigenvalue weighted by Crippen LogP contribution is 2.21. The normalized spacial score (nSPS) is 12.4. The number of hydrogen-bond donors (Lipinski definition) is 1. The van der Waals surface area contributed by atoms with Gasteiger partial charge >= 0.3 is 0 Å². The fourth-order valence-electron chi connectivity index (χ4n) is 1.92. The lowest BCUT2D eigenvalue weighted by molar-refractivity contribution is -0.126. The molecular formula is C16H23NO4. The molecular weight excluding hydrogens is 270 g/mol. The fraction of sp³-hybridized carbons (Fsp3) is 0.438. The topological polar surface area (TPSA) is 59.0 Å². The lowest BCUT2D eigenvalue weighted by Crippen LogP contribution is -2.35. The quantitative estimate of drug-likeness (QED) is 0.774. The summed E-state index contributed by atoms with van der Waals surface area (Å²) in [5, 5.41) is 9.61. The van der Waals surface area contributed by atoms with Gasteiger partial charge in [0.15, 0.2) is 0 Å². The fourth-order valence-corrected chi connectivity index (χ4v) is 1.92. The Morgan fingerprint density at radius 1 is 1.43 bits per heavy atom. The van der Waals surface area contributed by atoms with Crippen molar-refractivity contribution in [3.05, 3.63) is 35.4 Å². The molecule has 0 saturated heterocycles. The molecule has 1 unspecified atom stereocenters. The van der Waals surface area contributed by atoms with E-state index in [1.54, 1.807) is 20.2 Å². The molecule has 21 heavy (non-hydrogen) atoms. The Balaban J connectivity index is 2.71. The van der Waals surface area contributed by atoms with Crippen LogP contribution in [0.4, 0.5) is 0 Å². The van der Waals surface area contributed by atoms with Gasteiger partial charge in [0.05, 0.1) is 19.8 Å². The molecule has 1 amide bonds. The van der Waals surface area contributed by atoms with Crippen molar-refractivity contribution in [3.63, 3.8) is 0 Å². The minimum Gasteiger partial charge on any atom is -0.496 e. The number of aryl methyl sites for hydroxylation is 1. The standard InChI is InChI=1S/C16H23NO4/c1-12-5-7-15(21-4)13(9-12)6-8-16(19)17(2)10-14(18)11-20-3/h5-9,14,18H,10-11H2,1-4H3. The summed E-state index contributed by atoms with van der Waals surface area (Å²) in [6.07, 6.45) is 2.50. The third-order valence-electron chi connectivity index (χ3n) is 3.01. The number of benzene rings is 1. The van der Waals surface area contributed by atoms with Crippen LogP contribution in [0.1, 0.15) is 11.1 Å². The highest BCUT2D eigenvalue weighted by atomic mass is 16.5. The van der Waals surface area contributed by atoms with E-state index in [1.807, 2.05) is 25.1 Å². The van der Waals surface area contributed by atoms with E-state index in [9.17, 15) is 9.90 Å². The van der Waals surface area contributed by atoms with Gasteiger partial charge in [-0.25, -0.2) is 0 Å². The number of amides is 1. The second kappa shape index (κ2) is 8.44. The monoisotopic (exact) mass is 293 g/mol. The van der Waals surface area contributed by atoms with Crippen molar-refractivity contribution >= 4 is 12.0 Å². The number of rotatable bonds is 7. The van der Waals surface area contributed by atoms with Crippen molar-refractivity contribution < 1.29 is 19.4 Å². The van der Waals surface area contributed by atoms with E-state index in [0.717, 1.165) is 11.1 Å². The number of ether oxygens (including phenoxy) is 2. The summed E-state index contributed by atoms with van der Waals surface area (Å²) in [7, 11) is 4.74. The Morgan fingerprint density at radius 2 is 2.14 bits per heavy atom. The number of carbonyl (C=O) groups excluding carboxylic acids is 1. The van der Waals surface area contributed by atoms with E-state index in [0.29, 0.717) is 5.75 Å². The summed E-state index contributed by atoms with van der Waals surface area (Å²) in [5.74, 6) is 0.528. The smallest absolute Gasteiger partial charge is 0.246 e. The van der Waals surface area contributed by atoms with Crippen LogP contribution >= 0.6 is 0 Å². The number of aliphatic hydroxyl groups excluding tert-OH is 1. The van der Waals surface area contributed by atoms with Crippen LogP contribution in [0.3, 0.4) is 0 Å². The zero-order chi connectivity index (χ0) is 15.8. The molecule has 1 aromatic rings. The molecule has 0 spiro atoms. The van der Waals surface area contributed by atoms with Gasteiger partial charge < -0.3 is 19.5 Å². The summed E-state index contributed by atoms with van der Waals surface area (Å²) in [5.41, 5.74) is 1.93. The van der Waals surface area contributed by atoms with Crippen molar-refractivity contribution in [2.24, 2.45) is 0 Å². The number of methoxy groups -OCH3 is 2. The predicted molar refractivity (Wildman–Crippen MR) is 82.3 cm³/mol. The van der Waals surface area contributed by atoms with Crippen LogP contribution in [0.25, 0.3) is 6.08 Å². The van der Waals surface area contributed by atoms with Crippen LogP contribution in [0, 0.1) is 6.92 Å². The first-order valence-corrected chi connectivity index (χ1v) is 6.72. The van der Waals surface area contributed by atoms with Gasteiger partial charge in [0.1, 0.15) is 5.75 Å². The van der Waals surface area contributed by atoms with Crippen molar-refractivity contribution in [2.45, 2.75) is 13.0 Å². The zero-order valence-corrected chi connectivity index (χ0v) is 13.0. The van der Waals surface area contributed by atoms with Gasteiger partial charge in [-0.15, -0.1) is 0 Å². The average molecular weight is 293 g/mol. The maximum atomic E-state index is 12.0. The lowest BCUT2D eigenvalue weighted by atomic mass is 10.1. The molecule has 0 saturated carbocycles. The number of likely N-dealkylation sites (N-methyl/N-ethyl adjacent to an activating group) is 1. The molecule has 1 atom stereocenters. The maximum Gasteiger partial charge on any atom is 0.246 e. The van der Waals surface area contributed by atoms with Crippen LogP contribution in [0.2, 0.25) is 0 Å². The second-order valence-electron chi connectivity index (χ2n) is 4.91. The molecule has 0 fully saturated rings. The van der Waals surface area contributed by atoms with Crippen molar-refractivity contribution in [1.29, 1.82) is 0 Å². The summed E-state index contributed by atoms with van der Waals surface area (Å²) in [4.78, 5) is 13.4. The van der Waals surface area contributed by atoms with Gasteiger partial charge in [-0.1, -0.05) is 11.6 Å². The molecule has 1 rings (SSSR count). The van der Waals surface area contributed by atoms with E-state index in [2.05, 4.69) is 0 Å². The van der Waals surface area contributed by atoms with Gasteiger partial charge in [-0.3, -0.25) is 4.79 Å². The van der Waals surface area contributed by atoms with E-state index in [-0.39, 0.29) is 19.1 Å². The summed E-state index contributed by atoms with van der Waals surface area (Å²) in [6, 6.07) is 5.76. The van der Waals surface area contributed by atoms with Crippen LogP contribution in [0.5, 0.6) is 5.75 Å². The molecule has 0 aliphatic rings. The molecule has 0 bridgehead atoms. The number of aliphatic hydroxyl groups is 1. The molecule has 116 valence electrons. The largest absolute Gasteiger partial charge is 0.496 e. The van der Waals surface area contributed by atoms with Crippen molar-refractivity contribution in [3.8, 4) is 5.75 Å². The predicted octanol–water partition coefficient (Wildman–Crippen LogP) is 1.48. The van der Waals surface area contributed by atoms with Gasteiger partial charge in [-0.2, -0.15) is 0 Å².